The fourth-order valence-corrected chi connectivity index (χ4v) is 3.38. The lowest BCUT2D eigenvalue weighted by atomic mass is 10.1. The topological polar surface area (TPSA) is 75.6 Å². The zero-order chi connectivity index (χ0) is 16.9. The van der Waals surface area contributed by atoms with Crippen LogP contribution in [0.1, 0.15) is 38.5 Å². The molecule has 2 N–H and O–H groups in total. The summed E-state index contributed by atoms with van der Waals surface area (Å²) >= 11 is 0. The van der Waals surface area contributed by atoms with Gasteiger partial charge >= 0.3 is 0 Å². The third-order valence-electron chi connectivity index (χ3n) is 4.65. The highest BCUT2D eigenvalue weighted by molar-refractivity contribution is 5.91. The summed E-state index contributed by atoms with van der Waals surface area (Å²) in [6.07, 6.45) is 11.1. The molecule has 0 saturated heterocycles. The van der Waals surface area contributed by atoms with Crippen molar-refractivity contribution in [1.29, 1.82) is 0 Å². The van der Waals surface area contributed by atoms with Gasteiger partial charge in [-0.05, 0) is 25.0 Å². The first-order valence-electron chi connectivity index (χ1n) is 8.95. The molecule has 1 aromatic carbocycles. The van der Waals surface area contributed by atoms with E-state index < -0.39 is 0 Å². The minimum atomic E-state index is 0.478. The minimum absolute atomic E-state index is 0.478. The third-order valence-corrected chi connectivity index (χ3v) is 4.65. The normalized spacial score (nSPS) is 15.7. The monoisotopic (exact) mass is 334 g/mol. The average molecular weight is 334 g/mol. The predicted octanol–water partition coefficient (Wildman–Crippen LogP) is 4.30. The maximum Gasteiger partial charge on any atom is 0.249 e. The van der Waals surface area contributed by atoms with Gasteiger partial charge in [-0.25, -0.2) is 0 Å². The van der Waals surface area contributed by atoms with Crippen molar-refractivity contribution in [2.45, 2.75) is 44.6 Å². The second-order valence-electron chi connectivity index (χ2n) is 6.50. The van der Waals surface area contributed by atoms with Gasteiger partial charge in [-0.2, -0.15) is 10.1 Å². The van der Waals surface area contributed by atoms with Crippen LogP contribution in [0.5, 0.6) is 0 Å². The number of hydrogen-bond acceptors (Lipinski definition) is 6. The van der Waals surface area contributed by atoms with Gasteiger partial charge in [0.25, 0.3) is 0 Å². The molecule has 1 fully saturated rings. The SMILES string of the molecule is c1cnc2c(Nc3nncc(NC4CCCCCC4)n3)cccc2c1. The van der Waals surface area contributed by atoms with E-state index in [1.807, 2.05) is 30.3 Å². The van der Waals surface area contributed by atoms with E-state index in [-0.39, 0.29) is 0 Å². The minimum Gasteiger partial charge on any atom is -0.366 e. The van der Waals surface area contributed by atoms with Gasteiger partial charge in [0, 0.05) is 17.6 Å². The maximum atomic E-state index is 4.58. The molecule has 0 aliphatic heterocycles. The number of nitrogens with zero attached hydrogens (tertiary/aromatic N) is 4. The molecule has 0 atom stereocenters. The Morgan fingerprint density at radius 1 is 0.960 bits per heavy atom. The molecule has 4 rings (SSSR count). The first-order chi connectivity index (χ1) is 12.4. The summed E-state index contributed by atoms with van der Waals surface area (Å²) in [7, 11) is 0. The van der Waals surface area contributed by atoms with Crippen LogP contribution in [0.3, 0.4) is 0 Å². The highest BCUT2D eigenvalue weighted by Crippen LogP contribution is 2.24. The van der Waals surface area contributed by atoms with E-state index in [0.717, 1.165) is 22.4 Å². The predicted molar refractivity (Wildman–Crippen MR) is 100.0 cm³/mol. The van der Waals surface area contributed by atoms with Crippen molar-refractivity contribution in [3.63, 3.8) is 0 Å². The Morgan fingerprint density at radius 2 is 1.80 bits per heavy atom. The van der Waals surface area contributed by atoms with Gasteiger partial charge in [-0.3, -0.25) is 4.98 Å². The molecule has 25 heavy (non-hydrogen) atoms. The average Bonchev–Trinajstić information content (AvgIpc) is 2.91. The van der Waals surface area contributed by atoms with Crippen LogP contribution in [0.15, 0.2) is 42.7 Å². The van der Waals surface area contributed by atoms with Gasteiger partial charge in [0.15, 0.2) is 5.82 Å². The first kappa shape index (κ1) is 15.7. The van der Waals surface area contributed by atoms with Crippen LogP contribution in [-0.4, -0.2) is 26.2 Å². The van der Waals surface area contributed by atoms with Crippen LogP contribution >= 0.6 is 0 Å². The van der Waals surface area contributed by atoms with Crippen LogP contribution in [0.4, 0.5) is 17.5 Å². The Labute approximate surface area is 147 Å². The van der Waals surface area contributed by atoms with Crippen molar-refractivity contribution in [1.82, 2.24) is 20.2 Å². The lowest BCUT2D eigenvalue weighted by Gasteiger charge is -2.16. The molecular weight excluding hydrogens is 312 g/mol. The molecule has 2 heterocycles. The molecule has 0 radical (unpaired) electrons. The molecule has 3 aromatic rings. The largest absolute Gasteiger partial charge is 0.366 e. The van der Waals surface area contributed by atoms with E-state index in [2.05, 4.69) is 30.8 Å². The molecule has 0 amide bonds. The van der Waals surface area contributed by atoms with Crippen LogP contribution in [0.25, 0.3) is 10.9 Å². The zero-order valence-corrected chi connectivity index (χ0v) is 14.2. The van der Waals surface area contributed by atoms with E-state index in [4.69, 9.17) is 0 Å². The van der Waals surface area contributed by atoms with Crippen LogP contribution in [-0.2, 0) is 0 Å². The summed E-state index contributed by atoms with van der Waals surface area (Å²) in [5, 5.41) is 16.0. The van der Waals surface area contributed by atoms with Gasteiger partial charge in [0.1, 0.15) is 0 Å². The number of hydrogen-bond donors (Lipinski definition) is 2. The molecule has 6 heteroatoms. The van der Waals surface area contributed by atoms with Gasteiger partial charge in [-0.15, -0.1) is 5.10 Å². The van der Waals surface area contributed by atoms with E-state index in [1.165, 1.54) is 38.5 Å². The van der Waals surface area contributed by atoms with Crippen molar-refractivity contribution in [3.05, 3.63) is 42.7 Å². The molecule has 2 aromatic heterocycles. The highest BCUT2D eigenvalue weighted by Gasteiger charge is 2.13. The summed E-state index contributed by atoms with van der Waals surface area (Å²) < 4.78 is 0. The van der Waals surface area contributed by atoms with E-state index >= 15 is 0 Å². The van der Waals surface area contributed by atoms with Crippen LogP contribution in [0.2, 0.25) is 0 Å². The third kappa shape index (κ3) is 3.84. The number of anilines is 3. The van der Waals surface area contributed by atoms with Gasteiger partial charge in [-0.1, -0.05) is 43.9 Å². The lowest BCUT2D eigenvalue weighted by molar-refractivity contribution is 0.617. The summed E-state index contributed by atoms with van der Waals surface area (Å²) in [5.74, 6) is 1.26. The molecule has 0 unspecified atom stereocenters. The molecule has 1 saturated carbocycles. The number of aromatic nitrogens is 4. The lowest BCUT2D eigenvalue weighted by Crippen LogP contribution is -2.19. The fourth-order valence-electron chi connectivity index (χ4n) is 3.38. The molecule has 0 bridgehead atoms. The Morgan fingerprint density at radius 3 is 2.68 bits per heavy atom. The Kier molecular flexibility index (Phi) is 4.68. The number of rotatable bonds is 4. The molecule has 1 aliphatic carbocycles. The molecule has 6 nitrogen and oxygen atoms in total. The molecule has 128 valence electrons. The fraction of sp³-hybridized carbons (Fsp3) is 0.368. The zero-order valence-electron chi connectivity index (χ0n) is 14.2. The van der Waals surface area contributed by atoms with Gasteiger partial charge in [0.2, 0.25) is 5.95 Å². The number of fused-ring (bicyclic) bond motifs is 1. The quantitative estimate of drug-likeness (QED) is 0.693. The van der Waals surface area contributed by atoms with Crippen molar-refractivity contribution in [3.8, 4) is 0 Å². The highest BCUT2D eigenvalue weighted by atomic mass is 15.3. The van der Waals surface area contributed by atoms with Gasteiger partial charge in [0.05, 0.1) is 17.4 Å². The summed E-state index contributed by atoms with van der Waals surface area (Å²) in [6, 6.07) is 10.5. The van der Waals surface area contributed by atoms with E-state index in [9.17, 15) is 0 Å². The smallest absolute Gasteiger partial charge is 0.249 e. The second kappa shape index (κ2) is 7.42. The Balaban J connectivity index is 1.53. The summed E-state index contributed by atoms with van der Waals surface area (Å²) in [6.45, 7) is 0. The first-order valence-corrected chi connectivity index (χ1v) is 8.95. The second-order valence-corrected chi connectivity index (χ2v) is 6.50. The van der Waals surface area contributed by atoms with Gasteiger partial charge < -0.3 is 10.6 Å². The number of benzene rings is 1. The van der Waals surface area contributed by atoms with Crippen molar-refractivity contribution in [2.24, 2.45) is 0 Å². The number of pyridine rings is 1. The summed E-state index contributed by atoms with van der Waals surface area (Å²) in [4.78, 5) is 9.03. The molecule has 1 aliphatic rings. The number of nitrogens with one attached hydrogen (secondary N) is 2. The van der Waals surface area contributed by atoms with E-state index in [1.54, 1.807) is 12.4 Å². The Hall–Kier alpha value is -2.76. The standard InChI is InChI=1S/C19H22N6/c1-2-4-10-15(9-3-1)22-17-13-21-25-19(24-17)23-16-11-5-7-14-8-6-12-20-18(14)16/h5-8,11-13,15H,1-4,9-10H2,(H2,22,23,24,25). The van der Waals surface area contributed by atoms with E-state index in [0.29, 0.717) is 12.0 Å². The van der Waals surface area contributed by atoms with Crippen molar-refractivity contribution in [2.75, 3.05) is 10.6 Å². The van der Waals surface area contributed by atoms with Crippen LogP contribution in [0, 0.1) is 0 Å². The molecular formula is C19H22N6. The number of para-hydroxylation sites is 1. The maximum absolute atomic E-state index is 4.58. The molecule has 0 spiro atoms. The van der Waals surface area contributed by atoms with Crippen molar-refractivity contribution >= 4 is 28.4 Å². The van der Waals surface area contributed by atoms with Crippen molar-refractivity contribution < 1.29 is 0 Å². The Bertz CT molecular complexity index is 837. The van der Waals surface area contributed by atoms with Crippen LogP contribution < -0.4 is 10.6 Å². The summed E-state index contributed by atoms with van der Waals surface area (Å²) in [5.41, 5.74) is 1.78.